The van der Waals surface area contributed by atoms with E-state index in [4.69, 9.17) is 6.42 Å². The van der Waals surface area contributed by atoms with Crippen LogP contribution >= 0.6 is 12.4 Å². The maximum absolute atomic E-state index is 12.3. The number of rotatable bonds is 5. The molecule has 1 saturated heterocycles. The number of amides is 1. The number of terminal acetylenes is 1. The first-order valence-electron chi connectivity index (χ1n) is 11.4. The molecule has 2 heterocycles. The Labute approximate surface area is 203 Å². The van der Waals surface area contributed by atoms with Crippen LogP contribution in [0, 0.1) is 18.4 Å². The van der Waals surface area contributed by atoms with E-state index >= 15 is 0 Å². The standard InChI is InChI=1S/C14H16N2O.C12H16N2O.ClH/c1-2-16(13-10-6-7-11-15-13)14(17)12-8-4-3-5-9-12;15-12(11-4-2-1-3-5-11)10-14-8-6-13-7-9-14;/h1,6-7,10-12H,3-5,8-9H2;1-5,13H,6-10H2;1H. The van der Waals surface area contributed by atoms with E-state index in [0.717, 1.165) is 57.4 Å². The minimum absolute atomic E-state index is 0. The molecule has 1 saturated carbocycles. The summed E-state index contributed by atoms with van der Waals surface area (Å²) in [6.45, 7) is 4.47. The Bertz CT molecular complexity index is 890. The molecule has 2 fully saturated rings. The topological polar surface area (TPSA) is 65.5 Å². The smallest absolute Gasteiger partial charge is 0.243 e. The number of carbonyl (C=O) groups is 2. The van der Waals surface area contributed by atoms with Crippen molar-refractivity contribution in [1.82, 2.24) is 15.2 Å². The van der Waals surface area contributed by atoms with Crippen LogP contribution in [0.15, 0.2) is 54.7 Å². The molecule has 7 heteroatoms. The third-order valence-corrected chi connectivity index (χ3v) is 5.85. The summed E-state index contributed by atoms with van der Waals surface area (Å²) in [4.78, 5) is 31.8. The molecule has 0 atom stereocenters. The summed E-state index contributed by atoms with van der Waals surface area (Å²) >= 11 is 0. The fraction of sp³-hybridized carbons (Fsp3) is 0.423. The van der Waals surface area contributed by atoms with Gasteiger partial charge in [-0.2, -0.15) is 0 Å². The van der Waals surface area contributed by atoms with Crippen LogP contribution in [0.2, 0.25) is 0 Å². The molecule has 1 amide bonds. The molecule has 0 unspecified atom stereocenters. The van der Waals surface area contributed by atoms with Crippen molar-refractivity contribution in [2.45, 2.75) is 32.1 Å². The fourth-order valence-corrected chi connectivity index (χ4v) is 4.05. The first kappa shape index (κ1) is 26.5. The second kappa shape index (κ2) is 14.4. The quantitative estimate of drug-likeness (QED) is 0.411. The van der Waals surface area contributed by atoms with Crippen LogP contribution in [-0.2, 0) is 4.79 Å². The summed E-state index contributed by atoms with van der Waals surface area (Å²) in [6.07, 6.45) is 12.4. The molecule has 2 aromatic rings. The third-order valence-electron chi connectivity index (χ3n) is 5.85. The zero-order valence-electron chi connectivity index (χ0n) is 19.0. The second-order valence-corrected chi connectivity index (χ2v) is 8.14. The van der Waals surface area contributed by atoms with Crippen molar-refractivity contribution in [3.8, 4) is 12.5 Å². The Morgan fingerprint density at radius 2 is 1.70 bits per heavy atom. The molecule has 4 rings (SSSR count). The first-order chi connectivity index (χ1) is 15.7. The average Bonchev–Trinajstić information content (AvgIpc) is 2.87. The Hall–Kier alpha value is -2.72. The van der Waals surface area contributed by atoms with Gasteiger partial charge in [-0.05, 0) is 25.0 Å². The highest BCUT2D eigenvalue weighted by Gasteiger charge is 2.26. The van der Waals surface area contributed by atoms with Crippen molar-refractivity contribution in [1.29, 1.82) is 0 Å². The van der Waals surface area contributed by atoms with Crippen molar-refractivity contribution in [3.63, 3.8) is 0 Å². The number of aromatic nitrogens is 1. The number of hydrogen-bond acceptors (Lipinski definition) is 5. The highest BCUT2D eigenvalue weighted by molar-refractivity contribution is 5.97. The molecule has 0 spiro atoms. The number of halogens is 1. The molecule has 1 N–H and O–H groups in total. The zero-order chi connectivity index (χ0) is 22.6. The SMILES string of the molecule is C#CN(C(=O)C1CCCCC1)c1ccccn1.Cl.O=C(CN1CCNCC1)c1ccccc1. The number of nitrogens with one attached hydrogen (secondary N) is 1. The van der Waals surface area contributed by atoms with Gasteiger partial charge in [-0.25, -0.2) is 9.88 Å². The molecular formula is C26H33ClN4O2. The van der Waals surface area contributed by atoms with Crippen LogP contribution in [0.4, 0.5) is 5.82 Å². The Balaban J connectivity index is 0.000000228. The highest BCUT2D eigenvalue weighted by atomic mass is 35.5. The van der Waals surface area contributed by atoms with Gasteiger partial charge in [0.25, 0.3) is 0 Å². The monoisotopic (exact) mass is 468 g/mol. The average molecular weight is 469 g/mol. The Morgan fingerprint density at radius 3 is 2.30 bits per heavy atom. The lowest BCUT2D eigenvalue weighted by atomic mass is 9.88. The second-order valence-electron chi connectivity index (χ2n) is 8.14. The van der Waals surface area contributed by atoms with E-state index in [0.29, 0.717) is 12.4 Å². The van der Waals surface area contributed by atoms with Gasteiger partial charge in [0.15, 0.2) is 5.78 Å². The molecule has 6 nitrogen and oxygen atoms in total. The zero-order valence-corrected chi connectivity index (χ0v) is 19.8. The molecule has 0 bridgehead atoms. The summed E-state index contributed by atoms with van der Waals surface area (Å²) in [5.74, 6) is 0.857. The number of benzene rings is 1. The predicted molar refractivity (Wildman–Crippen MR) is 134 cm³/mol. The normalized spacial score (nSPS) is 16.3. The number of anilines is 1. The molecular weight excluding hydrogens is 436 g/mol. The van der Waals surface area contributed by atoms with Gasteiger partial charge in [0, 0.05) is 49.9 Å². The van der Waals surface area contributed by atoms with E-state index in [1.165, 1.54) is 11.3 Å². The van der Waals surface area contributed by atoms with Crippen molar-refractivity contribution < 1.29 is 9.59 Å². The number of carbonyl (C=O) groups excluding carboxylic acids is 2. The molecule has 33 heavy (non-hydrogen) atoms. The van der Waals surface area contributed by atoms with Gasteiger partial charge < -0.3 is 5.32 Å². The van der Waals surface area contributed by atoms with Crippen LogP contribution in [0.25, 0.3) is 0 Å². The van der Waals surface area contributed by atoms with E-state index in [1.54, 1.807) is 12.3 Å². The van der Waals surface area contributed by atoms with E-state index in [-0.39, 0.29) is 30.0 Å². The minimum Gasteiger partial charge on any atom is -0.314 e. The number of hydrogen-bond donors (Lipinski definition) is 1. The van der Waals surface area contributed by atoms with Crippen molar-refractivity contribution in [3.05, 3.63) is 60.3 Å². The van der Waals surface area contributed by atoms with Crippen LogP contribution in [-0.4, -0.2) is 54.3 Å². The van der Waals surface area contributed by atoms with Crippen molar-refractivity contribution in [2.24, 2.45) is 5.92 Å². The van der Waals surface area contributed by atoms with Crippen molar-refractivity contribution in [2.75, 3.05) is 37.6 Å². The lowest BCUT2D eigenvalue weighted by molar-refractivity contribution is -0.122. The maximum Gasteiger partial charge on any atom is 0.243 e. The largest absolute Gasteiger partial charge is 0.314 e. The summed E-state index contributed by atoms with van der Waals surface area (Å²) < 4.78 is 0. The molecule has 0 radical (unpaired) electrons. The lowest BCUT2D eigenvalue weighted by Crippen LogP contribution is -2.45. The first-order valence-corrected chi connectivity index (χ1v) is 11.4. The molecule has 176 valence electrons. The van der Waals surface area contributed by atoms with Crippen LogP contribution in [0.3, 0.4) is 0 Å². The summed E-state index contributed by atoms with van der Waals surface area (Å²) in [5.41, 5.74) is 0.816. The van der Waals surface area contributed by atoms with Gasteiger partial charge in [-0.15, -0.1) is 12.4 Å². The fourth-order valence-electron chi connectivity index (χ4n) is 4.05. The number of pyridine rings is 1. The van der Waals surface area contributed by atoms with E-state index in [1.807, 2.05) is 42.5 Å². The minimum atomic E-state index is 0. The summed E-state index contributed by atoms with van der Waals surface area (Å²) in [5, 5.41) is 3.27. The lowest BCUT2D eigenvalue weighted by Gasteiger charge is -2.26. The number of nitrogens with zero attached hydrogens (tertiary/aromatic N) is 3. The van der Waals surface area contributed by atoms with Crippen LogP contribution < -0.4 is 10.2 Å². The predicted octanol–water partition coefficient (Wildman–Crippen LogP) is 3.78. The van der Waals surface area contributed by atoms with Gasteiger partial charge in [-0.1, -0.05) is 62.1 Å². The molecule has 2 aliphatic rings. The van der Waals surface area contributed by atoms with Crippen molar-refractivity contribution >= 4 is 29.9 Å². The van der Waals surface area contributed by atoms with Gasteiger partial charge in [0.05, 0.1) is 6.54 Å². The maximum atomic E-state index is 12.3. The van der Waals surface area contributed by atoms with Crippen LogP contribution in [0.5, 0.6) is 0 Å². The number of Topliss-reactive ketones (excluding diaryl/α,β-unsaturated/α-hetero) is 1. The Kier molecular flexibility index (Phi) is 11.6. The van der Waals surface area contributed by atoms with E-state index in [2.05, 4.69) is 21.2 Å². The van der Waals surface area contributed by atoms with Crippen LogP contribution in [0.1, 0.15) is 42.5 Å². The van der Waals surface area contributed by atoms with Gasteiger partial charge in [0.2, 0.25) is 5.91 Å². The molecule has 1 aromatic carbocycles. The molecule has 1 aliphatic heterocycles. The van der Waals surface area contributed by atoms with Gasteiger partial charge in [0.1, 0.15) is 5.82 Å². The van der Waals surface area contributed by atoms with Gasteiger partial charge in [-0.3, -0.25) is 14.5 Å². The molecule has 1 aliphatic carbocycles. The number of ketones is 1. The Morgan fingerprint density at radius 1 is 1.03 bits per heavy atom. The number of piperazine rings is 1. The van der Waals surface area contributed by atoms with E-state index in [9.17, 15) is 9.59 Å². The summed E-state index contributed by atoms with van der Waals surface area (Å²) in [7, 11) is 0. The third kappa shape index (κ3) is 8.29. The highest BCUT2D eigenvalue weighted by Crippen LogP contribution is 2.26. The van der Waals surface area contributed by atoms with E-state index < -0.39 is 0 Å². The molecule has 1 aromatic heterocycles. The van der Waals surface area contributed by atoms with Gasteiger partial charge >= 0.3 is 0 Å². The summed E-state index contributed by atoms with van der Waals surface area (Å²) in [6, 6.07) is 17.4.